The first-order valence-corrected chi connectivity index (χ1v) is 6.05. The van der Waals surface area contributed by atoms with Gasteiger partial charge >= 0.3 is 6.03 Å². The highest BCUT2D eigenvalue weighted by Crippen LogP contribution is 2.18. The standard InChI is InChI=1S/C10H17ClN6O/c1-2-3-15-10-16-6-7(11)8(17-10)13-4-5-14-9(12)18/h6H,2-5H2,1H3,(H3,12,14,18)(H2,13,15,16,17). The first-order chi connectivity index (χ1) is 8.63. The van der Waals surface area contributed by atoms with E-state index in [4.69, 9.17) is 17.3 Å². The van der Waals surface area contributed by atoms with E-state index in [1.807, 2.05) is 0 Å². The summed E-state index contributed by atoms with van der Waals surface area (Å²) in [7, 11) is 0. The molecular weight excluding hydrogens is 256 g/mol. The van der Waals surface area contributed by atoms with Gasteiger partial charge in [-0.1, -0.05) is 18.5 Å². The Bertz CT molecular complexity index is 400. The van der Waals surface area contributed by atoms with Crippen LogP contribution in [-0.2, 0) is 0 Å². The summed E-state index contributed by atoms with van der Waals surface area (Å²) in [6, 6.07) is -0.559. The lowest BCUT2D eigenvalue weighted by Crippen LogP contribution is -2.33. The van der Waals surface area contributed by atoms with Crippen molar-refractivity contribution in [1.29, 1.82) is 0 Å². The number of anilines is 2. The molecule has 1 rings (SSSR count). The highest BCUT2D eigenvalue weighted by Gasteiger charge is 2.04. The molecule has 1 heterocycles. The average Bonchev–Trinajstić information content (AvgIpc) is 2.34. The molecule has 100 valence electrons. The molecular formula is C10H17ClN6O. The van der Waals surface area contributed by atoms with E-state index in [0.717, 1.165) is 13.0 Å². The number of rotatable bonds is 7. The van der Waals surface area contributed by atoms with Crippen LogP contribution in [0.5, 0.6) is 0 Å². The van der Waals surface area contributed by atoms with Gasteiger partial charge in [-0.3, -0.25) is 0 Å². The van der Waals surface area contributed by atoms with Gasteiger partial charge in [-0.15, -0.1) is 0 Å². The molecule has 1 aromatic heterocycles. The van der Waals surface area contributed by atoms with Crippen molar-refractivity contribution in [2.75, 3.05) is 30.3 Å². The van der Waals surface area contributed by atoms with Crippen molar-refractivity contribution in [2.24, 2.45) is 5.73 Å². The Morgan fingerprint density at radius 2 is 2.17 bits per heavy atom. The zero-order valence-corrected chi connectivity index (χ0v) is 10.9. The summed E-state index contributed by atoms with van der Waals surface area (Å²) in [5.74, 6) is 1.04. The van der Waals surface area contributed by atoms with E-state index in [2.05, 4.69) is 32.8 Å². The topological polar surface area (TPSA) is 105 Å². The number of hydrogen-bond acceptors (Lipinski definition) is 5. The van der Waals surface area contributed by atoms with Crippen molar-refractivity contribution in [1.82, 2.24) is 15.3 Å². The summed E-state index contributed by atoms with van der Waals surface area (Å²) in [6.07, 6.45) is 2.51. The van der Waals surface area contributed by atoms with Gasteiger partial charge in [0.05, 0.1) is 6.20 Å². The monoisotopic (exact) mass is 272 g/mol. The maximum atomic E-state index is 10.5. The van der Waals surface area contributed by atoms with Gasteiger partial charge in [0.1, 0.15) is 5.02 Å². The third-order valence-electron chi connectivity index (χ3n) is 1.99. The number of primary amides is 1. The van der Waals surface area contributed by atoms with Gasteiger partial charge in [0.25, 0.3) is 0 Å². The van der Waals surface area contributed by atoms with E-state index in [-0.39, 0.29) is 0 Å². The maximum absolute atomic E-state index is 10.5. The number of amides is 2. The molecule has 0 aliphatic heterocycles. The fraction of sp³-hybridized carbons (Fsp3) is 0.500. The number of nitrogens with one attached hydrogen (secondary N) is 3. The maximum Gasteiger partial charge on any atom is 0.312 e. The van der Waals surface area contributed by atoms with Crippen molar-refractivity contribution in [2.45, 2.75) is 13.3 Å². The Morgan fingerprint density at radius 3 is 2.83 bits per heavy atom. The largest absolute Gasteiger partial charge is 0.367 e. The summed E-state index contributed by atoms with van der Waals surface area (Å²) in [6.45, 7) is 3.72. The zero-order valence-electron chi connectivity index (χ0n) is 10.2. The van der Waals surface area contributed by atoms with Crippen LogP contribution in [0.15, 0.2) is 6.20 Å². The van der Waals surface area contributed by atoms with Gasteiger partial charge in [-0.2, -0.15) is 4.98 Å². The van der Waals surface area contributed by atoms with E-state index in [9.17, 15) is 4.79 Å². The second-order valence-electron chi connectivity index (χ2n) is 3.53. The van der Waals surface area contributed by atoms with E-state index in [1.165, 1.54) is 6.20 Å². The minimum Gasteiger partial charge on any atom is -0.367 e. The van der Waals surface area contributed by atoms with Crippen molar-refractivity contribution in [3.05, 3.63) is 11.2 Å². The minimum atomic E-state index is -0.559. The Kier molecular flexibility index (Phi) is 5.99. The van der Waals surface area contributed by atoms with Crippen LogP contribution in [0, 0.1) is 0 Å². The number of nitrogens with two attached hydrogens (primary N) is 1. The highest BCUT2D eigenvalue weighted by atomic mass is 35.5. The van der Waals surface area contributed by atoms with Gasteiger partial charge in [-0.25, -0.2) is 9.78 Å². The van der Waals surface area contributed by atoms with Crippen LogP contribution in [0.25, 0.3) is 0 Å². The summed E-state index contributed by atoms with van der Waals surface area (Å²) in [4.78, 5) is 18.7. The van der Waals surface area contributed by atoms with Crippen molar-refractivity contribution in [3.63, 3.8) is 0 Å². The molecule has 18 heavy (non-hydrogen) atoms. The van der Waals surface area contributed by atoms with Gasteiger partial charge in [0.15, 0.2) is 5.82 Å². The lowest BCUT2D eigenvalue weighted by molar-refractivity contribution is 0.249. The Balaban J connectivity index is 2.49. The quantitative estimate of drug-likeness (QED) is 0.555. The molecule has 0 bridgehead atoms. The lowest BCUT2D eigenvalue weighted by Gasteiger charge is -2.09. The predicted octanol–water partition coefficient (Wildman–Crippen LogP) is 1.03. The fourth-order valence-electron chi connectivity index (χ4n) is 1.18. The van der Waals surface area contributed by atoms with Crippen LogP contribution in [-0.4, -0.2) is 35.6 Å². The lowest BCUT2D eigenvalue weighted by atomic mass is 10.5. The highest BCUT2D eigenvalue weighted by molar-refractivity contribution is 6.32. The van der Waals surface area contributed by atoms with Crippen LogP contribution >= 0.6 is 11.6 Å². The summed E-state index contributed by atoms with van der Waals surface area (Å²) < 4.78 is 0. The van der Waals surface area contributed by atoms with E-state index < -0.39 is 6.03 Å². The predicted molar refractivity (Wildman–Crippen MR) is 71.9 cm³/mol. The summed E-state index contributed by atoms with van der Waals surface area (Å²) >= 11 is 5.94. The van der Waals surface area contributed by atoms with Crippen molar-refractivity contribution >= 4 is 29.4 Å². The summed E-state index contributed by atoms with van der Waals surface area (Å²) in [5, 5.41) is 8.94. The van der Waals surface area contributed by atoms with Gasteiger partial charge in [0.2, 0.25) is 5.95 Å². The molecule has 0 unspecified atom stereocenters. The molecule has 0 radical (unpaired) electrons. The van der Waals surface area contributed by atoms with Crippen LogP contribution in [0.3, 0.4) is 0 Å². The number of carbonyl (C=O) groups excluding carboxylic acids is 1. The molecule has 0 fully saturated rings. The molecule has 8 heteroatoms. The smallest absolute Gasteiger partial charge is 0.312 e. The second kappa shape index (κ2) is 7.54. The van der Waals surface area contributed by atoms with Gasteiger partial charge in [-0.05, 0) is 6.42 Å². The molecule has 1 aromatic rings. The number of halogens is 1. The first kappa shape index (κ1) is 14.3. The number of urea groups is 1. The van der Waals surface area contributed by atoms with Gasteiger partial charge in [0, 0.05) is 19.6 Å². The molecule has 0 aromatic carbocycles. The molecule has 5 N–H and O–H groups in total. The van der Waals surface area contributed by atoms with E-state index in [1.54, 1.807) is 0 Å². The van der Waals surface area contributed by atoms with Crippen LogP contribution in [0.2, 0.25) is 5.02 Å². The molecule has 0 saturated carbocycles. The van der Waals surface area contributed by atoms with Crippen molar-refractivity contribution in [3.8, 4) is 0 Å². The minimum absolute atomic E-state index is 0.396. The molecule has 0 atom stereocenters. The van der Waals surface area contributed by atoms with Crippen LogP contribution in [0.4, 0.5) is 16.6 Å². The number of aromatic nitrogens is 2. The normalized spacial score (nSPS) is 9.89. The average molecular weight is 273 g/mol. The number of nitrogens with zero attached hydrogens (tertiary/aromatic N) is 2. The molecule has 0 saturated heterocycles. The Hall–Kier alpha value is -1.76. The third-order valence-corrected chi connectivity index (χ3v) is 2.27. The van der Waals surface area contributed by atoms with Crippen LogP contribution < -0.4 is 21.7 Å². The Morgan fingerprint density at radius 1 is 1.39 bits per heavy atom. The van der Waals surface area contributed by atoms with Gasteiger partial charge < -0.3 is 21.7 Å². The molecule has 2 amide bonds. The SMILES string of the molecule is CCCNc1ncc(Cl)c(NCCNC(N)=O)n1. The molecule has 0 spiro atoms. The van der Waals surface area contributed by atoms with Crippen molar-refractivity contribution < 1.29 is 4.79 Å². The molecule has 0 aliphatic carbocycles. The molecule has 0 aliphatic rings. The number of carbonyl (C=O) groups is 1. The summed E-state index contributed by atoms with van der Waals surface area (Å²) in [5.41, 5.74) is 4.94. The molecule has 7 nitrogen and oxygen atoms in total. The van der Waals surface area contributed by atoms with E-state index >= 15 is 0 Å². The number of hydrogen-bond donors (Lipinski definition) is 4. The zero-order chi connectivity index (χ0) is 13.4. The first-order valence-electron chi connectivity index (χ1n) is 5.67. The Labute approximate surface area is 111 Å². The second-order valence-corrected chi connectivity index (χ2v) is 3.94. The van der Waals surface area contributed by atoms with Crippen LogP contribution in [0.1, 0.15) is 13.3 Å². The fourth-order valence-corrected chi connectivity index (χ4v) is 1.34. The third kappa shape index (κ3) is 5.05. The van der Waals surface area contributed by atoms with E-state index in [0.29, 0.717) is 29.9 Å².